The van der Waals surface area contributed by atoms with Crippen LogP contribution in [0.4, 0.5) is 5.69 Å². The molecule has 2 heterocycles. The topological polar surface area (TPSA) is 96.0 Å². The predicted octanol–water partition coefficient (Wildman–Crippen LogP) is 4.17. The van der Waals surface area contributed by atoms with Gasteiger partial charge in [0.25, 0.3) is 5.91 Å². The number of rotatable bonds is 7. The van der Waals surface area contributed by atoms with Gasteiger partial charge >= 0.3 is 0 Å². The summed E-state index contributed by atoms with van der Waals surface area (Å²) in [4.78, 5) is 28.9. The van der Waals surface area contributed by atoms with Gasteiger partial charge in [0.2, 0.25) is 15.9 Å². The minimum absolute atomic E-state index is 0.104. The number of nitrogens with one attached hydrogen (secondary N) is 1. The van der Waals surface area contributed by atoms with Crippen molar-refractivity contribution in [1.82, 2.24) is 9.62 Å². The number of carbonyl (C=O) groups excluding carboxylic acids is 2. The Morgan fingerprint density at radius 2 is 1.56 bits per heavy atom. The zero-order valence-corrected chi connectivity index (χ0v) is 24.6. The van der Waals surface area contributed by atoms with Gasteiger partial charge in [0.15, 0.2) is 6.10 Å². The second kappa shape index (κ2) is 12.0. The van der Waals surface area contributed by atoms with Crippen LogP contribution in [-0.2, 0) is 26.0 Å². The van der Waals surface area contributed by atoms with E-state index in [-0.39, 0.29) is 37.4 Å². The molecule has 9 heteroatoms. The Morgan fingerprint density at radius 1 is 0.927 bits per heavy atom. The van der Waals surface area contributed by atoms with Crippen molar-refractivity contribution in [1.29, 1.82) is 0 Å². The molecule has 41 heavy (non-hydrogen) atoms. The number of sulfonamides is 1. The number of benzene rings is 3. The quantitative estimate of drug-likeness (QED) is 0.456. The summed E-state index contributed by atoms with van der Waals surface area (Å²) in [6.45, 7) is 6.71. The zero-order chi connectivity index (χ0) is 29.1. The van der Waals surface area contributed by atoms with Crippen molar-refractivity contribution in [3.8, 4) is 5.75 Å². The standard InChI is InChI=1S/C32H37N3O5S/c1-22-19-23(2)30(24(3)20-22)41(38,39)34-17-14-26(15-18-34)32(37)35-21-29(40-28-12-8-7-11-27(28)35)31(36)33-16-13-25-9-5-4-6-10-25/h4-12,19-20,26,29H,13-18,21H2,1-3H3,(H,33,36)/t29-/m1/s1. The van der Waals surface area contributed by atoms with E-state index in [4.69, 9.17) is 4.74 Å². The number of carbonyl (C=O) groups is 2. The monoisotopic (exact) mass is 575 g/mol. The molecule has 1 atom stereocenters. The minimum atomic E-state index is -3.68. The summed E-state index contributed by atoms with van der Waals surface area (Å²) in [7, 11) is -3.68. The molecule has 3 aromatic rings. The van der Waals surface area contributed by atoms with Crippen LogP contribution in [0.15, 0.2) is 71.6 Å². The molecule has 2 aliphatic heterocycles. The summed E-state index contributed by atoms with van der Waals surface area (Å²) in [5.74, 6) is -0.240. The van der Waals surface area contributed by atoms with E-state index in [1.54, 1.807) is 11.0 Å². The molecule has 2 aliphatic rings. The summed E-state index contributed by atoms with van der Waals surface area (Å²) in [6.07, 6.45) is 0.685. The average molecular weight is 576 g/mol. The number of piperidine rings is 1. The molecule has 5 rings (SSSR count). The summed E-state index contributed by atoms with van der Waals surface area (Å²) in [6, 6.07) is 20.9. The van der Waals surface area contributed by atoms with Gasteiger partial charge in [-0.1, -0.05) is 60.2 Å². The van der Waals surface area contributed by atoms with Crippen molar-refractivity contribution in [2.75, 3.05) is 31.1 Å². The molecule has 0 saturated carbocycles. The van der Waals surface area contributed by atoms with E-state index in [2.05, 4.69) is 5.32 Å². The fourth-order valence-corrected chi connectivity index (χ4v) is 7.82. The highest BCUT2D eigenvalue weighted by atomic mass is 32.2. The first kappa shape index (κ1) is 28.8. The number of fused-ring (bicyclic) bond motifs is 1. The van der Waals surface area contributed by atoms with Crippen molar-refractivity contribution in [3.05, 3.63) is 89.0 Å². The van der Waals surface area contributed by atoms with E-state index in [0.29, 0.717) is 42.1 Å². The largest absolute Gasteiger partial charge is 0.477 e. The first-order valence-electron chi connectivity index (χ1n) is 14.1. The molecule has 8 nitrogen and oxygen atoms in total. The lowest BCUT2D eigenvalue weighted by atomic mass is 9.95. The number of aryl methyl sites for hydroxylation is 3. The molecule has 0 bridgehead atoms. The molecule has 1 saturated heterocycles. The molecule has 0 spiro atoms. The molecule has 216 valence electrons. The van der Waals surface area contributed by atoms with E-state index in [0.717, 1.165) is 22.3 Å². The SMILES string of the molecule is Cc1cc(C)c(S(=O)(=O)N2CCC(C(=O)N3C[C@H](C(=O)NCCc4ccccc4)Oc4ccccc43)CC2)c(C)c1. The smallest absolute Gasteiger partial charge is 0.262 e. The Morgan fingerprint density at radius 3 is 2.24 bits per heavy atom. The number of ether oxygens (including phenoxy) is 1. The number of anilines is 1. The van der Waals surface area contributed by atoms with Gasteiger partial charge in [-0.05, 0) is 68.9 Å². The van der Waals surface area contributed by atoms with Crippen molar-refractivity contribution >= 4 is 27.5 Å². The molecule has 0 radical (unpaired) electrons. The van der Waals surface area contributed by atoms with E-state index < -0.39 is 16.1 Å². The molecule has 2 amide bonds. The second-order valence-electron chi connectivity index (χ2n) is 11.0. The third-order valence-corrected chi connectivity index (χ3v) is 10.1. The van der Waals surface area contributed by atoms with Crippen LogP contribution >= 0.6 is 0 Å². The fraction of sp³-hybridized carbons (Fsp3) is 0.375. The van der Waals surface area contributed by atoms with Gasteiger partial charge in [-0.25, -0.2) is 8.42 Å². The molecule has 1 fully saturated rings. The van der Waals surface area contributed by atoms with Gasteiger partial charge < -0.3 is 15.0 Å². The van der Waals surface area contributed by atoms with Crippen LogP contribution in [0.25, 0.3) is 0 Å². The number of hydrogen-bond acceptors (Lipinski definition) is 5. The van der Waals surface area contributed by atoms with E-state index in [9.17, 15) is 18.0 Å². The molecule has 1 N–H and O–H groups in total. The van der Waals surface area contributed by atoms with Crippen molar-refractivity contribution in [3.63, 3.8) is 0 Å². The predicted molar refractivity (Wildman–Crippen MR) is 159 cm³/mol. The van der Waals surface area contributed by atoms with Crippen LogP contribution in [0.2, 0.25) is 0 Å². The van der Waals surface area contributed by atoms with Crippen LogP contribution in [0.5, 0.6) is 5.75 Å². The lowest BCUT2D eigenvalue weighted by Gasteiger charge is -2.38. The highest BCUT2D eigenvalue weighted by Crippen LogP contribution is 2.36. The second-order valence-corrected chi connectivity index (χ2v) is 12.8. The Kier molecular flexibility index (Phi) is 8.47. The highest BCUT2D eigenvalue weighted by molar-refractivity contribution is 7.89. The molecule has 0 unspecified atom stereocenters. The maximum absolute atomic E-state index is 13.8. The first-order chi connectivity index (χ1) is 19.6. The molecular formula is C32H37N3O5S. The van der Waals surface area contributed by atoms with Gasteiger partial charge in [0.1, 0.15) is 5.75 Å². The van der Waals surface area contributed by atoms with Gasteiger partial charge in [0.05, 0.1) is 17.1 Å². The fourth-order valence-electron chi connectivity index (χ4n) is 5.93. The van der Waals surface area contributed by atoms with Crippen molar-refractivity contribution in [2.45, 2.75) is 51.0 Å². The van der Waals surface area contributed by atoms with Crippen LogP contribution in [-0.4, -0.2) is 56.8 Å². The average Bonchev–Trinajstić information content (AvgIpc) is 2.96. The van der Waals surface area contributed by atoms with Gasteiger partial charge in [0, 0.05) is 25.6 Å². The maximum atomic E-state index is 13.8. The normalized spacial score (nSPS) is 17.9. The van der Waals surface area contributed by atoms with Crippen LogP contribution in [0.1, 0.15) is 35.1 Å². The van der Waals surface area contributed by atoms with E-state index in [1.807, 2.05) is 81.4 Å². The van der Waals surface area contributed by atoms with Gasteiger partial charge in [-0.15, -0.1) is 0 Å². The summed E-state index contributed by atoms with van der Waals surface area (Å²) in [5.41, 5.74) is 4.25. The third kappa shape index (κ3) is 6.16. The number of nitrogens with zero attached hydrogens (tertiary/aromatic N) is 2. The Hall–Kier alpha value is -3.69. The van der Waals surface area contributed by atoms with Crippen LogP contribution < -0.4 is 15.0 Å². The van der Waals surface area contributed by atoms with Gasteiger partial charge in [-0.2, -0.15) is 4.31 Å². The minimum Gasteiger partial charge on any atom is -0.477 e. The molecule has 0 aromatic heterocycles. The number of hydrogen-bond donors (Lipinski definition) is 1. The van der Waals surface area contributed by atoms with E-state index >= 15 is 0 Å². The highest BCUT2D eigenvalue weighted by Gasteiger charge is 2.39. The zero-order valence-electron chi connectivity index (χ0n) is 23.8. The van der Waals surface area contributed by atoms with Crippen LogP contribution in [0, 0.1) is 26.7 Å². The lowest BCUT2D eigenvalue weighted by molar-refractivity contribution is -0.129. The maximum Gasteiger partial charge on any atom is 0.262 e. The first-order valence-corrected chi connectivity index (χ1v) is 15.6. The number of amides is 2. The molecule has 3 aromatic carbocycles. The summed E-state index contributed by atoms with van der Waals surface area (Å²) < 4.78 is 34.6. The lowest BCUT2D eigenvalue weighted by Crippen LogP contribution is -2.53. The Labute approximate surface area is 242 Å². The molecule has 0 aliphatic carbocycles. The van der Waals surface area contributed by atoms with E-state index in [1.165, 1.54) is 4.31 Å². The summed E-state index contributed by atoms with van der Waals surface area (Å²) in [5, 5.41) is 2.95. The Balaban J connectivity index is 1.25. The van der Waals surface area contributed by atoms with Crippen LogP contribution in [0.3, 0.4) is 0 Å². The third-order valence-electron chi connectivity index (χ3n) is 7.89. The number of para-hydroxylation sites is 2. The van der Waals surface area contributed by atoms with Crippen molar-refractivity contribution in [2.24, 2.45) is 5.92 Å². The molecular weight excluding hydrogens is 538 g/mol. The summed E-state index contributed by atoms with van der Waals surface area (Å²) >= 11 is 0. The van der Waals surface area contributed by atoms with Gasteiger partial charge in [-0.3, -0.25) is 9.59 Å². The Bertz CT molecular complexity index is 1510. The van der Waals surface area contributed by atoms with Crippen molar-refractivity contribution < 1.29 is 22.7 Å².